The molecule has 1 aromatic carbocycles. The van der Waals surface area contributed by atoms with Gasteiger partial charge in [0.2, 0.25) is 0 Å². The fourth-order valence-corrected chi connectivity index (χ4v) is 2.85. The first kappa shape index (κ1) is 17.3. The summed E-state index contributed by atoms with van der Waals surface area (Å²) in [6.07, 6.45) is 2.68. The van der Waals surface area contributed by atoms with E-state index in [1.807, 2.05) is 31.2 Å². The van der Waals surface area contributed by atoms with Gasteiger partial charge in [-0.1, -0.05) is 13.8 Å². The van der Waals surface area contributed by atoms with Crippen molar-refractivity contribution in [1.82, 2.24) is 5.32 Å². The highest BCUT2D eigenvalue weighted by Gasteiger charge is 2.28. The van der Waals surface area contributed by atoms with Gasteiger partial charge < -0.3 is 20.5 Å². The third kappa shape index (κ3) is 4.26. The van der Waals surface area contributed by atoms with Crippen LogP contribution in [0.3, 0.4) is 0 Å². The van der Waals surface area contributed by atoms with Gasteiger partial charge in [-0.3, -0.25) is 4.79 Å². The van der Waals surface area contributed by atoms with Crippen molar-refractivity contribution in [3.63, 3.8) is 0 Å². The largest absolute Gasteiger partial charge is 0.497 e. The van der Waals surface area contributed by atoms with E-state index >= 15 is 0 Å². The number of carbonyl (C=O) groups excluding carboxylic acids is 1. The summed E-state index contributed by atoms with van der Waals surface area (Å²) in [5.74, 6) is 1.81. The normalized spacial score (nSPS) is 16.0. The van der Waals surface area contributed by atoms with Crippen LogP contribution in [-0.4, -0.2) is 31.7 Å². The van der Waals surface area contributed by atoms with Crippen LogP contribution >= 0.6 is 0 Å². The minimum absolute atomic E-state index is 0.132. The number of rotatable bonds is 6. The molecule has 0 saturated carbocycles. The Morgan fingerprint density at radius 3 is 2.83 bits per heavy atom. The molecule has 0 radical (unpaired) electrons. The van der Waals surface area contributed by atoms with E-state index in [0.29, 0.717) is 18.0 Å². The number of hydrogen-bond acceptors (Lipinski definition) is 4. The Kier molecular flexibility index (Phi) is 5.31. The van der Waals surface area contributed by atoms with Gasteiger partial charge in [-0.25, -0.2) is 0 Å². The number of nitrogens with two attached hydrogens (primary N) is 1. The van der Waals surface area contributed by atoms with E-state index in [-0.39, 0.29) is 12.5 Å². The van der Waals surface area contributed by atoms with Crippen molar-refractivity contribution in [2.45, 2.75) is 32.7 Å². The topological polar surface area (TPSA) is 73.6 Å². The molecule has 0 fully saturated rings. The Morgan fingerprint density at radius 2 is 2.22 bits per heavy atom. The van der Waals surface area contributed by atoms with Crippen molar-refractivity contribution < 1.29 is 14.3 Å². The first-order chi connectivity index (χ1) is 10.9. The maximum atomic E-state index is 12.6. The quantitative estimate of drug-likeness (QED) is 0.844. The van der Waals surface area contributed by atoms with Gasteiger partial charge in [0.1, 0.15) is 18.1 Å². The molecule has 1 atom stereocenters. The number of amides is 1. The molecule has 1 aromatic rings. The zero-order valence-electron chi connectivity index (χ0n) is 14.3. The molecule has 5 heteroatoms. The van der Waals surface area contributed by atoms with E-state index in [4.69, 9.17) is 15.2 Å². The molecule has 1 aliphatic heterocycles. The molecule has 23 heavy (non-hydrogen) atoms. The molecular weight excluding hydrogens is 292 g/mol. The molecular formula is C18H26N2O3. The second-order valence-electron chi connectivity index (χ2n) is 6.68. The highest BCUT2D eigenvalue weighted by molar-refractivity contribution is 5.99. The highest BCUT2D eigenvalue weighted by atomic mass is 16.5. The van der Waals surface area contributed by atoms with Gasteiger partial charge >= 0.3 is 0 Å². The van der Waals surface area contributed by atoms with Gasteiger partial charge in [-0.15, -0.1) is 0 Å². The van der Waals surface area contributed by atoms with Crippen molar-refractivity contribution in [3.8, 4) is 11.5 Å². The standard InChI is InChI=1S/C18H26N2O3/c1-12(2)9-18(3,11-19)20-17(21)14-7-13-8-15(22-4)5-6-16(13)23-10-14/h5-8,12H,9-11,19H2,1-4H3,(H,20,21). The van der Waals surface area contributed by atoms with Crippen LogP contribution in [0.15, 0.2) is 23.8 Å². The fourth-order valence-electron chi connectivity index (χ4n) is 2.85. The summed E-state index contributed by atoms with van der Waals surface area (Å²) in [6.45, 7) is 6.87. The molecule has 1 heterocycles. The maximum Gasteiger partial charge on any atom is 0.251 e. The summed E-state index contributed by atoms with van der Waals surface area (Å²) in [5, 5.41) is 3.06. The van der Waals surface area contributed by atoms with Gasteiger partial charge in [-0.2, -0.15) is 0 Å². The summed E-state index contributed by atoms with van der Waals surface area (Å²) in [4.78, 5) is 12.6. The average Bonchev–Trinajstić information content (AvgIpc) is 2.52. The number of fused-ring (bicyclic) bond motifs is 1. The molecule has 0 spiro atoms. The van der Waals surface area contributed by atoms with E-state index in [2.05, 4.69) is 19.2 Å². The van der Waals surface area contributed by atoms with Crippen molar-refractivity contribution in [1.29, 1.82) is 0 Å². The van der Waals surface area contributed by atoms with E-state index in [1.165, 1.54) is 0 Å². The Morgan fingerprint density at radius 1 is 1.48 bits per heavy atom. The Bertz CT molecular complexity index is 610. The predicted molar refractivity (Wildman–Crippen MR) is 91.5 cm³/mol. The number of methoxy groups -OCH3 is 1. The number of benzene rings is 1. The van der Waals surface area contributed by atoms with Gasteiger partial charge in [0.25, 0.3) is 5.91 Å². The number of hydrogen-bond donors (Lipinski definition) is 2. The summed E-state index contributed by atoms with van der Waals surface area (Å²) >= 11 is 0. The summed E-state index contributed by atoms with van der Waals surface area (Å²) in [7, 11) is 1.61. The number of ether oxygens (including phenoxy) is 2. The monoisotopic (exact) mass is 318 g/mol. The Balaban J connectivity index is 2.18. The molecule has 1 aliphatic rings. The molecule has 0 aromatic heterocycles. The smallest absolute Gasteiger partial charge is 0.251 e. The van der Waals surface area contributed by atoms with Crippen LogP contribution in [0, 0.1) is 5.92 Å². The third-order valence-corrected chi connectivity index (χ3v) is 3.95. The van der Waals surface area contributed by atoms with Crippen LogP contribution in [-0.2, 0) is 4.79 Å². The van der Waals surface area contributed by atoms with Crippen LogP contribution in [0.5, 0.6) is 11.5 Å². The highest BCUT2D eigenvalue weighted by Crippen LogP contribution is 2.30. The second-order valence-corrected chi connectivity index (χ2v) is 6.68. The Hall–Kier alpha value is -2.01. The minimum Gasteiger partial charge on any atom is -0.497 e. The van der Waals surface area contributed by atoms with Gasteiger partial charge in [0.15, 0.2) is 0 Å². The van der Waals surface area contributed by atoms with Crippen LogP contribution in [0.25, 0.3) is 6.08 Å². The third-order valence-electron chi connectivity index (χ3n) is 3.95. The van der Waals surface area contributed by atoms with Crippen LogP contribution in [0.1, 0.15) is 32.8 Å². The van der Waals surface area contributed by atoms with Crippen molar-refractivity contribution in [2.75, 3.05) is 20.3 Å². The molecule has 0 saturated heterocycles. The van der Waals surface area contributed by atoms with Crippen molar-refractivity contribution >= 4 is 12.0 Å². The van der Waals surface area contributed by atoms with Crippen LogP contribution < -0.4 is 20.5 Å². The summed E-state index contributed by atoms with van der Waals surface area (Å²) in [6, 6.07) is 5.55. The van der Waals surface area contributed by atoms with Crippen LogP contribution in [0.2, 0.25) is 0 Å². The van der Waals surface area contributed by atoms with E-state index in [0.717, 1.165) is 23.5 Å². The van der Waals surface area contributed by atoms with Crippen LogP contribution in [0.4, 0.5) is 0 Å². The SMILES string of the molecule is COc1ccc2c(c1)C=C(C(=O)NC(C)(CN)CC(C)C)CO2. The second kappa shape index (κ2) is 7.04. The van der Waals surface area contributed by atoms with Gasteiger partial charge in [0.05, 0.1) is 12.7 Å². The number of nitrogens with one attached hydrogen (secondary N) is 1. The molecule has 126 valence electrons. The molecule has 0 bridgehead atoms. The lowest BCUT2D eigenvalue weighted by Gasteiger charge is -2.32. The van der Waals surface area contributed by atoms with E-state index in [9.17, 15) is 4.79 Å². The average molecular weight is 318 g/mol. The molecule has 0 aliphatic carbocycles. The lowest BCUT2D eigenvalue weighted by Crippen LogP contribution is -2.52. The molecule has 1 unspecified atom stereocenters. The molecule has 2 rings (SSSR count). The van der Waals surface area contributed by atoms with Crippen molar-refractivity contribution in [2.24, 2.45) is 11.7 Å². The fraction of sp³-hybridized carbons (Fsp3) is 0.500. The summed E-state index contributed by atoms with van der Waals surface area (Å²) in [5.41, 5.74) is 6.89. The maximum absolute atomic E-state index is 12.6. The molecule has 5 nitrogen and oxygen atoms in total. The minimum atomic E-state index is -0.416. The van der Waals surface area contributed by atoms with Crippen molar-refractivity contribution in [3.05, 3.63) is 29.3 Å². The van der Waals surface area contributed by atoms with Gasteiger partial charge in [-0.05, 0) is 43.5 Å². The summed E-state index contributed by atoms with van der Waals surface area (Å²) < 4.78 is 10.9. The lowest BCUT2D eigenvalue weighted by atomic mass is 9.90. The predicted octanol–water partition coefficient (Wildman–Crippen LogP) is 2.35. The molecule has 1 amide bonds. The first-order valence-corrected chi connectivity index (χ1v) is 7.91. The Labute approximate surface area is 137 Å². The molecule has 3 N–H and O–H groups in total. The number of carbonyl (C=O) groups is 1. The first-order valence-electron chi connectivity index (χ1n) is 7.91. The lowest BCUT2D eigenvalue weighted by molar-refractivity contribution is -0.119. The zero-order valence-corrected chi connectivity index (χ0v) is 14.3. The van der Waals surface area contributed by atoms with E-state index < -0.39 is 5.54 Å². The van der Waals surface area contributed by atoms with Gasteiger partial charge in [0, 0.05) is 17.6 Å². The van der Waals surface area contributed by atoms with E-state index in [1.54, 1.807) is 7.11 Å². The zero-order chi connectivity index (χ0) is 17.0.